The summed E-state index contributed by atoms with van der Waals surface area (Å²) in [5.41, 5.74) is -1.79. The van der Waals surface area contributed by atoms with Crippen molar-refractivity contribution in [3.8, 4) is 0 Å². The molecule has 7 heteroatoms. The molecule has 0 saturated heterocycles. The molecule has 0 unspecified atom stereocenters. The van der Waals surface area contributed by atoms with E-state index in [4.69, 9.17) is 15.3 Å². The van der Waals surface area contributed by atoms with Crippen LogP contribution in [-0.2, 0) is 0 Å². The van der Waals surface area contributed by atoms with Gasteiger partial charge in [-0.1, -0.05) is 6.07 Å². The number of hydrogen-bond donors (Lipinski definition) is 3. The molecule has 0 spiro atoms. The molecule has 16 heavy (non-hydrogen) atoms. The van der Waals surface area contributed by atoms with E-state index in [0.29, 0.717) is 0 Å². The predicted molar refractivity (Wildman–Crippen MR) is 57.6 cm³/mol. The van der Waals surface area contributed by atoms with Gasteiger partial charge in [0.15, 0.2) is 0 Å². The SMILES string of the molecule is Br.O=C(O)c1cccc(C(=O)O)c1C(=O)O. The molecule has 86 valence electrons. The van der Waals surface area contributed by atoms with Crippen molar-refractivity contribution in [3.63, 3.8) is 0 Å². The minimum atomic E-state index is -1.58. The normalized spacial score (nSPS) is 9.00. The monoisotopic (exact) mass is 290 g/mol. The lowest BCUT2D eigenvalue weighted by atomic mass is 10.0. The zero-order valence-electron chi connectivity index (χ0n) is 7.71. The highest BCUT2D eigenvalue weighted by Crippen LogP contribution is 2.15. The largest absolute Gasteiger partial charge is 0.478 e. The molecule has 0 amide bonds. The number of benzene rings is 1. The maximum Gasteiger partial charge on any atom is 0.337 e. The molecule has 6 nitrogen and oxygen atoms in total. The van der Waals surface area contributed by atoms with Gasteiger partial charge in [0.2, 0.25) is 0 Å². The van der Waals surface area contributed by atoms with E-state index in [9.17, 15) is 14.4 Å². The Kier molecular flexibility index (Phi) is 4.64. The van der Waals surface area contributed by atoms with Gasteiger partial charge in [-0.3, -0.25) is 0 Å². The number of hydrogen-bond acceptors (Lipinski definition) is 3. The van der Waals surface area contributed by atoms with Crippen molar-refractivity contribution < 1.29 is 29.7 Å². The zero-order chi connectivity index (χ0) is 11.6. The van der Waals surface area contributed by atoms with E-state index in [1.165, 1.54) is 6.07 Å². The molecule has 0 heterocycles. The summed E-state index contributed by atoms with van der Waals surface area (Å²) in [6.45, 7) is 0. The number of rotatable bonds is 3. The average Bonchev–Trinajstić information content (AvgIpc) is 2.16. The summed E-state index contributed by atoms with van der Waals surface area (Å²) in [4.78, 5) is 32.0. The fourth-order valence-corrected chi connectivity index (χ4v) is 1.14. The summed E-state index contributed by atoms with van der Waals surface area (Å²) >= 11 is 0. The molecule has 0 aliphatic carbocycles. The second-order valence-electron chi connectivity index (χ2n) is 2.64. The third-order valence-electron chi connectivity index (χ3n) is 1.74. The Morgan fingerprint density at radius 1 is 0.812 bits per heavy atom. The average molecular weight is 291 g/mol. The fraction of sp³-hybridized carbons (Fsp3) is 0. The molecule has 0 aromatic heterocycles. The third kappa shape index (κ3) is 2.57. The van der Waals surface area contributed by atoms with Gasteiger partial charge >= 0.3 is 17.9 Å². The Labute approximate surface area is 99.9 Å². The highest BCUT2D eigenvalue weighted by Gasteiger charge is 2.22. The van der Waals surface area contributed by atoms with Gasteiger partial charge in [0.05, 0.1) is 16.7 Å². The van der Waals surface area contributed by atoms with Gasteiger partial charge in [0.25, 0.3) is 0 Å². The first-order valence-corrected chi connectivity index (χ1v) is 3.78. The predicted octanol–water partition coefficient (Wildman–Crippen LogP) is 1.36. The molecule has 0 aliphatic heterocycles. The first-order valence-electron chi connectivity index (χ1n) is 3.78. The van der Waals surface area contributed by atoms with Crippen molar-refractivity contribution in [3.05, 3.63) is 34.9 Å². The molecule has 1 aromatic carbocycles. The van der Waals surface area contributed by atoms with Gasteiger partial charge in [-0.15, -0.1) is 17.0 Å². The van der Waals surface area contributed by atoms with Crippen LogP contribution in [0.5, 0.6) is 0 Å². The van der Waals surface area contributed by atoms with Crippen molar-refractivity contribution in [2.24, 2.45) is 0 Å². The van der Waals surface area contributed by atoms with Crippen molar-refractivity contribution >= 4 is 34.9 Å². The van der Waals surface area contributed by atoms with Gasteiger partial charge in [-0.2, -0.15) is 0 Å². The summed E-state index contributed by atoms with van der Waals surface area (Å²) in [7, 11) is 0. The summed E-state index contributed by atoms with van der Waals surface area (Å²) in [5.74, 6) is -4.53. The first-order chi connectivity index (χ1) is 6.95. The van der Waals surface area contributed by atoms with Crippen molar-refractivity contribution in [1.29, 1.82) is 0 Å². The maximum atomic E-state index is 10.7. The van der Waals surface area contributed by atoms with Crippen LogP contribution in [-0.4, -0.2) is 33.2 Å². The van der Waals surface area contributed by atoms with Crippen LogP contribution in [0.2, 0.25) is 0 Å². The first kappa shape index (κ1) is 14.1. The van der Waals surface area contributed by atoms with Crippen LogP contribution in [0.15, 0.2) is 18.2 Å². The molecule has 0 radical (unpaired) electrons. The number of aromatic carboxylic acids is 3. The second-order valence-corrected chi connectivity index (χ2v) is 2.64. The quantitative estimate of drug-likeness (QED) is 0.775. The van der Waals surface area contributed by atoms with E-state index in [0.717, 1.165) is 12.1 Å². The molecule has 0 saturated carbocycles. The Bertz CT molecular complexity index is 421. The molecule has 1 rings (SSSR count). The fourth-order valence-electron chi connectivity index (χ4n) is 1.14. The smallest absolute Gasteiger partial charge is 0.337 e. The van der Waals surface area contributed by atoms with Crippen LogP contribution in [0, 0.1) is 0 Å². The zero-order valence-corrected chi connectivity index (χ0v) is 9.42. The van der Waals surface area contributed by atoms with Crippen LogP contribution < -0.4 is 0 Å². The standard InChI is InChI=1S/C9H6O6.BrH/c10-7(11)4-2-1-3-5(8(12)13)6(4)9(14)15;/h1-3H,(H,10,11)(H,12,13)(H,14,15);1H. The minimum absolute atomic E-state index is 0. The summed E-state index contributed by atoms with van der Waals surface area (Å²) in [5, 5.41) is 26.0. The lowest BCUT2D eigenvalue weighted by molar-refractivity contribution is 0.0633. The summed E-state index contributed by atoms with van der Waals surface area (Å²) in [6, 6.07) is 3.26. The number of halogens is 1. The number of carboxylic acid groups (broad SMARTS) is 3. The van der Waals surface area contributed by atoms with E-state index in [1.807, 2.05) is 0 Å². The van der Waals surface area contributed by atoms with Crippen molar-refractivity contribution in [2.45, 2.75) is 0 Å². The van der Waals surface area contributed by atoms with Gasteiger partial charge < -0.3 is 15.3 Å². The lowest BCUT2D eigenvalue weighted by Gasteiger charge is -2.04. The Balaban J connectivity index is 0.00000225. The number of carbonyl (C=O) groups is 3. The molecule has 0 fully saturated rings. The van der Waals surface area contributed by atoms with Crippen LogP contribution in [0.25, 0.3) is 0 Å². The van der Waals surface area contributed by atoms with E-state index in [-0.39, 0.29) is 17.0 Å². The van der Waals surface area contributed by atoms with Gasteiger partial charge in [0.1, 0.15) is 0 Å². The highest BCUT2D eigenvalue weighted by molar-refractivity contribution is 8.93. The minimum Gasteiger partial charge on any atom is -0.478 e. The Hall–Kier alpha value is -1.89. The van der Waals surface area contributed by atoms with E-state index in [2.05, 4.69) is 0 Å². The third-order valence-corrected chi connectivity index (χ3v) is 1.74. The second kappa shape index (κ2) is 5.26. The lowest BCUT2D eigenvalue weighted by Crippen LogP contribution is -2.14. The summed E-state index contributed by atoms with van der Waals surface area (Å²) in [6.07, 6.45) is 0. The molecular weight excluding hydrogens is 284 g/mol. The Morgan fingerprint density at radius 3 is 1.44 bits per heavy atom. The van der Waals surface area contributed by atoms with Crippen molar-refractivity contribution in [2.75, 3.05) is 0 Å². The Morgan fingerprint density at radius 2 is 1.19 bits per heavy atom. The number of carboxylic acids is 3. The molecule has 0 atom stereocenters. The molecule has 0 aliphatic rings. The topological polar surface area (TPSA) is 112 Å². The van der Waals surface area contributed by atoms with Crippen LogP contribution in [0.3, 0.4) is 0 Å². The molecule has 1 aromatic rings. The van der Waals surface area contributed by atoms with Gasteiger partial charge in [0, 0.05) is 0 Å². The highest BCUT2D eigenvalue weighted by atomic mass is 79.9. The molecular formula is C9H7BrO6. The van der Waals surface area contributed by atoms with Crippen LogP contribution >= 0.6 is 17.0 Å². The van der Waals surface area contributed by atoms with Gasteiger partial charge in [-0.05, 0) is 12.1 Å². The van der Waals surface area contributed by atoms with Crippen molar-refractivity contribution in [1.82, 2.24) is 0 Å². The maximum absolute atomic E-state index is 10.7. The summed E-state index contributed by atoms with van der Waals surface area (Å²) < 4.78 is 0. The van der Waals surface area contributed by atoms with E-state index in [1.54, 1.807) is 0 Å². The van der Waals surface area contributed by atoms with Gasteiger partial charge in [-0.25, -0.2) is 14.4 Å². The molecule has 3 N–H and O–H groups in total. The van der Waals surface area contributed by atoms with Crippen LogP contribution in [0.4, 0.5) is 0 Å². The molecule has 0 bridgehead atoms. The van der Waals surface area contributed by atoms with E-state index < -0.39 is 34.6 Å². The van der Waals surface area contributed by atoms with E-state index >= 15 is 0 Å². The van der Waals surface area contributed by atoms with Crippen LogP contribution in [0.1, 0.15) is 31.1 Å².